The van der Waals surface area contributed by atoms with Crippen LogP contribution in [0.5, 0.6) is 0 Å². The van der Waals surface area contributed by atoms with Crippen LogP contribution in [-0.4, -0.2) is 22.8 Å². The lowest BCUT2D eigenvalue weighted by Gasteiger charge is -2.07. The summed E-state index contributed by atoms with van der Waals surface area (Å²) in [5, 5.41) is 5.40. The van der Waals surface area contributed by atoms with Gasteiger partial charge in [-0.25, -0.2) is 4.79 Å². The summed E-state index contributed by atoms with van der Waals surface area (Å²) in [7, 11) is 1.64. The van der Waals surface area contributed by atoms with Crippen molar-refractivity contribution in [2.75, 3.05) is 11.1 Å². The zero-order valence-electron chi connectivity index (χ0n) is 11.8. The van der Waals surface area contributed by atoms with Crippen LogP contribution in [-0.2, 0) is 11.8 Å². The fraction of sp³-hybridized carbons (Fsp3) is 0.231. The molecule has 1 aromatic carbocycles. The Morgan fingerprint density at radius 3 is 2.77 bits per heavy atom. The SMILES string of the molecule is C[n+]1[nH]oc(=O)c1SCCC(=O)Nc1ccccc1C(N)=O. The van der Waals surface area contributed by atoms with Crippen molar-refractivity contribution >= 4 is 29.3 Å². The highest BCUT2D eigenvalue weighted by Gasteiger charge is 2.18. The molecule has 0 radical (unpaired) electrons. The van der Waals surface area contributed by atoms with E-state index in [2.05, 4.69) is 15.1 Å². The summed E-state index contributed by atoms with van der Waals surface area (Å²) >= 11 is 1.20. The van der Waals surface area contributed by atoms with Gasteiger partial charge in [-0.05, 0) is 29.2 Å². The van der Waals surface area contributed by atoms with E-state index in [0.717, 1.165) is 0 Å². The summed E-state index contributed by atoms with van der Waals surface area (Å²) < 4.78 is 6.04. The van der Waals surface area contributed by atoms with E-state index in [1.807, 2.05) is 0 Å². The van der Waals surface area contributed by atoms with E-state index in [9.17, 15) is 14.4 Å². The van der Waals surface area contributed by atoms with E-state index >= 15 is 0 Å². The Balaban J connectivity index is 1.92. The number of carbonyl (C=O) groups is 2. The first kappa shape index (κ1) is 15.8. The fourth-order valence-electron chi connectivity index (χ4n) is 1.75. The zero-order chi connectivity index (χ0) is 16.1. The lowest BCUT2D eigenvalue weighted by Crippen LogP contribution is -2.33. The summed E-state index contributed by atoms with van der Waals surface area (Å²) in [6.07, 6.45) is 0.169. The highest BCUT2D eigenvalue weighted by molar-refractivity contribution is 7.99. The van der Waals surface area contributed by atoms with Gasteiger partial charge in [-0.3, -0.25) is 14.1 Å². The molecular formula is C13H15N4O4S+. The van der Waals surface area contributed by atoms with Crippen molar-refractivity contribution in [2.24, 2.45) is 12.8 Å². The Kier molecular flexibility index (Phi) is 4.99. The first-order chi connectivity index (χ1) is 10.5. The molecule has 0 spiro atoms. The molecule has 0 unspecified atom stereocenters. The second kappa shape index (κ2) is 6.94. The molecule has 1 aromatic heterocycles. The van der Waals surface area contributed by atoms with Crippen LogP contribution < -0.4 is 21.4 Å². The smallest absolute Gasteiger partial charge is 0.366 e. The summed E-state index contributed by atoms with van der Waals surface area (Å²) in [4.78, 5) is 34.5. The van der Waals surface area contributed by atoms with Gasteiger partial charge in [0.15, 0.2) is 7.05 Å². The minimum atomic E-state index is -0.609. The van der Waals surface area contributed by atoms with E-state index in [1.54, 1.807) is 25.2 Å². The number of amides is 2. The molecule has 22 heavy (non-hydrogen) atoms. The third kappa shape index (κ3) is 3.76. The Bertz CT molecular complexity index is 752. The molecule has 0 aliphatic heterocycles. The summed E-state index contributed by atoms with van der Waals surface area (Å²) in [6, 6.07) is 6.50. The van der Waals surface area contributed by atoms with Crippen molar-refractivity contribution in [3.05, 3.63) is 40.2 Å². The van der Waals surface area contributed by atoms with Gasteiger partial charge in [-0.2, -0.15) is 0 Å². The molecule has 0 bridgehead atoms. The van der Waals surface area contributed by atoms with Gasteiger partial charge in [0.2, 0.25) is 5.91 Å². The second-order valence-corrected chi connectivity index (χ2v) is 5.49. The van der Waals surface area contributed by atoms with Crippen LogP contribution in [0, 0.1) is 0 Å². The number of nitrogens with zero attached hydrogens (tertiary/aromatic N) is 1. The molecule has 0 aliphatic carbocycles. The summed E-state index contributed by atoms with van der Waals surface area (Å²) in [6.45, 7) is 0. The van der Waals surface area contributed by atoms with Gasteiger partial charge < -0.3 is 11.1 Å². The molecule has 0 fully saturated rings. The number of nitrogens with one attached hydrogen (secondary N) is 2. The maximum Gasteiger partial charge on any atom is 0.441 e. The monoisotopic (exact) mass is 323 g/mol. The maximum atomic E-state index is 11.9. The van der Waals surface area contributed by atoms with Crippen LogP contribution in [0.4, 0.5) is 5.69 Å². The van der Waals surface area contributed by atoms with Crippen LogP contribution in [0.3, 0.4) is 0 Å². The number of H-pyrrole nitrogens is 1. The topological polar surface area (TPSA) is 122 Å². The van der Waals surface area contributed by atoms with Crippen molar-refractivity contribution in [1.29, 1.82) is 0 Å². The molecule has 0 saturated carbocycles. The summed E-state index contributed by atoms with van der Waals surface area (Å²) in [5.41, 5.74) is 5.39. The molecule has 2 amide bonds. The number of para-hydroxylation sites is 1. The Hall–Kier alpha value is -2.55. The number of hydrogen-bond donors (Lipinski definition) is 3. The molecule has 9 heteroatoms. The number of rotatable bonds is 6. The van der Waals surface area contributed by atoms with Crippen LogP contribution in [0.2, 0.25) is 0 Å². The Morgan fingerprint density at radius 1 is 1.41 bits per heavy atom. The van der Waals surface area contributed by atoms with E-state index in [-0.39, 0.29) is 17.9 Å². The molecule has 8 nitrogen and oxygen atoms in total. The van der Waals surface area contributed by atoms with Crippen molar-refractivity contribution in [3.63, 3.8) is 0 Å². The lowest BCUT2D eigenvalue weighted by molar-refractivity contribution is -0.772. The highest BCUT2D eigenvalue weighted by atomic mass is 32.2. The Morgan fingerprint density at radius 2 is 2.14 bits per heavy atom. The van der Waals surface area contributed by atoms with Gasteiger partial charge in [0.05, 0.1) is 11.3 Å². The minimum absolute atomic E-state index is 0.169. The number of primary amides is 1. The summed E-state index contributed by atoms with van der Waals surface area (Å²) in [5.74, 6) is -0.493. The van der Waals surface area contributed by atoms with Crippen molar-refractivity contribution in [2.45, 2.75) is 11.4 Å². The fourth-order valence-corrected chi connectivity index (χ4v) is 2.62. The zero-order valence-corrected chi connectivity index (χ0v) is 12.6. The lowest BCUT2D eigenvalue weighted by atomic mass is 10.1. The van der Waals surface area contributed by atoms with E-state index < -0.39 is 11.5 Å². The standard InChI is InChI=1S/C13H14N4O4S/c1-17-12(13(20)21-16-17)22-7-6-10(18)15-9-5-3-2-4-8(9)11(14)19/h2-5H,6-7H2,1H3,(H3-,14,15,16,18,19,20)/p+1. The van der Waals surface area contributed by atoms with Crippen molar-refractivity contribution in [3.8, 4) is 0 Å². The van der Waals surface area contributed by atoms with E-state index in [4.69, 9.17) is 5.73 Å². The van der Waals surface area contributed by atoms with Crippen LogP contribution in [0.25, 0.3) is 0 Å². The number of benzene rings is 1. The van der Waals surface area contributed by atoms with Gasteiger partial charge in [-0.15, -0.1) is 0 Å². The van der Waals surface area contributed by atoms with Gasteiger partial charge in [0.25, 0.3) is 5.91 Å². The molecule has 0 atom stereocenters. The maximum absolute atomic E-state index is 11.9. The number of anilines is 1. The normalized spacial score (nSPS) is 10.4. The molecule has 1 heterocycles. The van der Waals surface area contributed by atoms with Gasteiger partial charge in [-0.1, -0.05) is 16.8 Å². The average molecular weight is 323 g/mol. The largest absolute Gasteiger partial charge is 0.441 e. The van der Waals surface area contributed by atoms with Gasteiger partial charge in [0, 0.05) is 12.2 Å². The first-order valence-corrected chi connectivity index (χ1v) is 7.36. The van der Waals surface area contributed by atoms with Gasteiger partial charge in [0.1, 0.15) is 0 Å². The number of nitrogens with two attached hydrogens (primary N) is 1. The molecule has 0 saturated heterocycles. The predicted molar refractivity (Wildman–Crippen MR) is 79.4 cm³/mol. The number of thioether (sulfide) groups is 1. The highest BCUT2D eigenvalue weighted by Crippen LogP contribution is 2.15. The second-order valence-electron chi connectivity index (χ2n) is 4.40. The Labute approximate surface area is 129 Å². The number of carbonyl (C=O) groups excluding carboxylic acids is 2. The van der Waals surface area contributed by atoms with Gasteiger partial charge >= 0.3 is 10.7 Å². The molecule has 0 aliphatic rings. The number of hydrogen-bond acceptors (Lipinski definition) is 5. The van der Waals surface area contributed by atoms with Crippen molar-refractivity contribution < 1.29 is 18.8 Å². The van der Waals surface area contributed by atoms with Crippen LogP contribution >= 0.6 is 11.8 Å². The van der Waals surface area contributed by atoms with E-state index in [1.165, 1.54) is 22.5 Å². The predicted octanol–water partition coefficient (Wildman–Crippen LogP) is 0.0122. The molecular weight excluding hydrogens is 308 g/mol. The molecule has 4 N–H and O–H groups in total. The number of aromatic nitrogens is 2. The molecule has 116 valence electrons. The first-order valence-electron chi connectivity index (χ1n) is 6.38. The van der Waals surface area contributed by atoms with E-state index in [0.29, 0.717) is 16.5 Å². The van der Waals surface area contributed by atoms with Crippen molar-refractivity contribution in [1.82, 2.24) is 5.27 Å². The third-order valence-electron chi connectivity index (χ3n) is 2.79. The number of aromatic amines is 1. The average Bonchev–Trinajstić information content (AvgIpc) is 2.79. The minimum Gasteiger partial charge on any atom is -0.366 e. The third-order valence-corrected chi connectivity index (χ3v) is 3.91. The quantitative estimate of drug-likeness (QED) is 0.511. The van der Waals surface area contributed by atoms with Crippen LogP contribution in [0.15, 0.2) is 38.6 Å². The van der Waals surface area contributed by atoms with Crippen LogP contribution in [0.1, 0.15) is 16.8 Å². The number of aryl methyl sites for hydroxylation is 1. The molecule has 2 rings (SSSR count). The molecule has 2 aromatic rings.